The number of benzene rings is 2. The molecule has 2 aromatic carbocycles. The van der Waals surface area contributed by atoms with Crippen molar-refractivity contribution in [3.05, 3.63) is 96.8 Å². The van der Waals surface area contributed by atoms with Crippen LogP contribution < -0.4 is 5.32 Å². The maximum Gasteiger partial charge on any atom is 0.217 e. The molecule has 37 heavy (non-hydrogen) atoms. The topological polar surface area (TPSA) is 100 Å². The van der Waals surface area contributed by atoms with Crippen LogP contribution in [0.25, 0.3) is 33.3 Å². The Morgan fingerprint density at radius 2 is 1.78 bits per heavy atom. The summed E-state index contributed by atoms with van der Waals surface area (Å²) in [6.45, 7) is 1.83. The molecule has 182 valence electrons. The van der Waals surface area contributed by atoms with E-state index in [0.29, 0.717) is 36.2 Å². The molecule has 1 fully saturated rings. The minimum Gasteiger partial charge on any atom is -0.454 e. The molecule has 0 saturated carbocycles. The minimum atomic E-state index is -0.471. The third-order valence-electron chi connectivity index (χ3n) is 6.33. The Kier molecular flexibility index (Phi) is 5.34. The summed E-state index contributed by atoms with van der Waals surface area (Å²) in [5.41, 5.74) is 4.58. The number of hydrogen-bond acceptors (Lipinski definition) is 8. The third-order valence-corrected chi connectivity index (χ3v) is 6.33. The quantitative estimate of drug-likeness (QED) is 0.328. The molecule has 1 saturated heterocycles. The molecule has 4 aromatic heterocycles. The Hall–Kier alpha value is -4.60. The number of nitrogens with zero attached hydrogens (tertiary/aromatic N) is 5. The normalized spacial score (nSPS) is 14.1. The van der Waals surface area contributed by atoms with Crippen LogP contribution in [0.1, 0.15) is 17.6 Å². The van der Waals surface area contributed by atoms with E-state index in [2.05, 4.69) is 49.6 Å². The van der Waals surface area contributed by atoms with Gasteiger partial charge in [-0.2, -0.15) is 5.10 Å². The molecular formula is C28H22N6O3. The van der Waals surface area contributed by atoms with E-state index in [1.54, 1.807) is 6.20 Å². The summed E-state index contributed by atoms with van der Waals surface area (Å²) >= 11 is 0. The first-order valence-corrected chi connectivity index (χ1v) is 12.0. The van der Waals surface area contributed by atoms with Crippen LogP contribution in [0.2, 0.25) is 0 Å². The van der Waals surface area contributed by atoms with Gasteiger partial charge in [-0.3, -0.25) is 9.67 Å². The summed E-state index contributed by atoms with van der Waals surface area (Å²) in [4.78, 5) is 13.4. The zero-order chi connectivity index (χ0) is 24.6. The number of nitrogens with one attached hydrogen (secondary N) is 1. The first-order chi connectivity index (χ1) is 18.3. The fourth-order valence-electron chi connectivity index (χ4n) is 4.52. The van der Waals surface area contributed by atoms with E-state index < -0.39 is 6.29 Å². The lowest BCUT2D eigenvalue weighted by Crippen LogP contribution is -2.01. The lowest BCUT2D eigenvalue weighted by Gasteiger charge is -2.10. The predicted molar refractivity (Wildman–Crippen MR) is 138 cm³/mol. The molecule has 1 N–H and O–H groups in total. The fraction of sp³-hybridized carbons (Fsp3) is 0.143. The lowest BCUT2D eigenvalue weighted by molar-refractivity contribution is -0.0585. The Morgan fingerprint density at radius 3 is 2.68 bits per heavy atom. The molecule has 9 heteroatoms. The van der Waals surface area contributed by atoms with Crippen LogP contribution in [0.3, 0.4) is 0 Å². The molecule has 0 aliphatic carbocycles. The Bertz CT molecular complexity index is 1710. The summed E-state index contributed by atoms with van der Waals surface area (Å²) in [6.07, 6.45) is 4.67. The highest BCUT2D eigenvalue weighted by Gasteiger charge is 2.22. The van der Waals surface area contributed by atoms with Gasteiger partial charge in [0.15, 0.2) is 11.5 Å². The average molecular weight is 491 g/mol. The average Bonchev–Trinajstić information content (AvgIpc) is 3.71. The Morgan fingerprint density at radius 1 is 0.892 bits per heavy atom. The number of fused-ring (bicyclic) bond motifs is 2. The van der Waals surface area contributed by atoms with E-state index in [1.807, 2.05) is 53.3 Å². The number of aromatic nitrogens is 5. The van der Waals surface area contributed by atoms with Crippen LogP contribution in [-0.2, 0) is 16.0 Å². The number of pyridine rings is 1. The van der Waals surface area contributed by atoms with E-state index in [-0.39, 0.29) is 0 Å². The third kappa shape index (κ3) is 4.20. The maximum absolute atomic E-state index is 5.97. The van der Waals surface area contributed by atoms with Gasteiger partial charge in [0.25, 0.3) is 0 Å². The summed E-state index contributed by atoms with van der Waals surface area (Å²) in [5.74, 6) is 1.93. The minimum absolute atomic E-state index is 0.471. The molecule has 9 nitrogen and oxygen atoms in total. The molecule has 0 radical (unpaired) electrons. The second kappa shape index (κ2) is 9.12. The number of rotatable bonds is 6. The van der Waals surface area contributed by atoms with Crippen molar-refractivity contribution in [2.45, 2.75) is 12.8 Å². The lowest BCUT2D eigenvalue weighted by atomic mass is 10.2. The SMILES string of the molecule is c1ccc(Cn2ncc3cc(Nc4ncnc5cnc(-c6ccc(C7OCCO7)o6)cc45)ccc32)cc1. The molecule has 0 spiro atoms. The first kappa shape index (κ1) is 21.7. The van der Waals surface area contributed by atoms with Crippen molar-refractivity contribution < 1.29 is 13.9 Å². The number of furan rings is 1. The summed E-state index contributed by atoms with van der Waals surface area (Å²) in [6, 6.07) is 22.1. The van der Waals surface area contributed by atoms with E-state index in [9.17, 15) is 0 Å². The van der Waals surface area contributed by atoms with Gasteiger partial charge in [-0.05, 0) is 42.0 Å². The maximum atomic E-state index is 5.97. The molecule has 6 aromatic rings. The van der Waals surface area contributed by atoms with E-state index in [0.717, 1.165) is 34.0 Å². The molecule has 5 heterocycles. The second-order valence-corrected chi connectivity index (χ2v) is 8.77. The summed E-state index contributed by atoms with van der Waals surface area (Å²) < 4.78 is 19.0. The van der Waals surface area contributed by atoms with Gasteiger partial charge in [-0.15, -0.1) is 0 Å². The van der Waals surface area contributed by atoms with Crippen molar-refractivity contribution in [1.82, 2.24) is 24.7 Å². The van der Waals surface area contributed by atoms with Crippen LogP contribution in [0.4, 0.5) is 11.5 Å². The number of anilines is 2. The van der Waals surface area contributed by atoms with Crippen LogP contribution in [0.15, 0.2) is 89.9 Å². The van der Waals surface area contributed by atoms with Crippen LogP contribution in [-0.4, -0.2) is 37.9 Å². The molecule has 1 aliphatic rings. The van der Waals surface area contributed by atoms with Gasteiger partial charge < -0.3 is 19.2 Å². The number of hydrogen-bond donors (Lipinski definition) is 1. The van der Waals surface area contributed by atoms with Gasteiger partial charge >= 0.3 is 0 Å². The first-order valence-electron chi connectivity index (χ1n) is 12.0. The van der Waals surface area contributed by atoms with Gasteiger partial charge in [0.05, 0.1) is 43.2 Å². The molecule has 0 bridgehead atoms. The Balaban J connectivity index is 1.18. The van der Waals surface area contributed by atoms with Crippen LogP contribution >= 0.6 is 0 Å². The molecule has 0 atom stereocenters. The van der Waals surface area contributed by atoms with Gasteiger partial charge in [0.1, 0.15) is 17.8 Å². The molecular weight excluding hydrogens is 468 g/mol. The predicted octanol–water partition coefficient (Wildman–Crippen LogP) is 5.47. The second-order valence-electron chi connectivity index (χ2n) is 8.77. The monoisotopic (exact) mass is 490 g/mol. The zero-order valence-electron chi connectivity index (χ0n) is 19.7. The highest BCUT2D eigenvalue weighted by Crippen LogP contribution is 2.32. The number of ether oxygens (including phenoxy) is 2. The van der Waals surface area contributed by atoms with Gasteiger partial charge in [0.2, 0.25) is 6.29 Å². The smallest absolute Gasteiger partial charge is 0.217 e. The standard InChI is InChI=1S/C28H22N6O3/c1-2-4-18(5-3-1)16-34-24-7-6-20(12-19(24)14-32-34)33-27-21-13-22(29-15-23(21)30-17-31-27)25-8-9-26(37-25)28-35-10-11-36-28/h1-9,12-15,17,28H,10-11,16H2,(H,30,31,33). The van der Waals surface area contributed by atoms with E-state index in [4.69, 9.17) is 13.9 Å². The van der Waals surface area contributed by atoms with Crippen molar-refractivity contribution in [1.29, 1.82) is 0 Å². The van der Waals surface area contributed by atoms with Gasteiger partial charge in [-0.25, -0.2) is 9.97 Å². The van der Waals surface area contributed by atoms with Crippen LogP contribution in [0.5, 0.6) is 0 Å². The van der Waals surface area contributed by atoms with Crippen molar-refractivity contribution in [2.24, 2.45) is 0 Å². The zero-order valence-corrected chi connectivity index (χ0v) is 19.7. The largest absolute Gasteiger partial charge is 0.454 e. The van der Waals surface area contributed by atoms with E-state index >= 15 is 0 Å². The van der Waals surface area contributed by atoms with Crippen molar-refractivity contribution >= 4 is 33.3 Å². The highest BCUT2D eigenvalue weighted by molar-refractivity contribution is 5.93. The van der Waals surface area contributed by atoms with Crippen molar-refractivity contribution in [2.75, 3.05) is 18.5 Å². The van der Waals surface area contributed by atoms with E-state index in [1.165, 1.54) is 11.9 Å². The van der Waals surface area contributed by atoms with Gasteiger partial charge in [0, 0.05) is 16.5 Å². The molecule has 1 aliphatic heterocycles. The van der Waals surface area contributed by atoms with Gasteiger partial charge in [-0.1, -0.05) is 30.3 Å². The molecule has 0 amide bonds. The van der Waals surface area contributed by atoms with Crippen molar-refractivity contribution in [3.63, 3.8) is 0 Å². The molecule has 7 rings (SSSR count). The molecule has 0 unspecified atom stereocenters. The summed E-state index contributed by atoms with van der Waals surface area (Å²) in [5, 5.41) is 9.91. The van der Waals surface area contributed by atoms with Crippen molar-refractivity contribution in [3.8, 4) is 11.5 Å². The highest BCUT2D eigenvalue weighted by atomic mass is 16.7. The summed E-state index contributed by atoms with van der Waals surface area (Å²) in [7, 11) is 0. The van der Waals surface area contributed by atoms with Crippen LogP contribution in [0, 0.1) is 0 Å². The fourth-order valence-corrected chi connectivity index (χ4v) is 4.52. The Labute approximate surface area is 211 Å².